The van der Waals surface area contributed by atoms with Crippen LogP contribution in [0.4, 0.5) is 0 Å². The van der Waals surface area contributed by atoms with Crippen LogP contribution in [0.1, 0.15) is 19.4 Å². The summed E-state index contributed by atoms with van der Waals surface area (Å²) in [4.78, 5) is 0. The molecule has 0 radical (unpaired) electrons. The average molecular weight is 274 g/mol. The molecule has 0 aliphatic heterocycles. The summed E-state index contributed by atoms with van der Waals surface area (Å²) in [6, 6.07) is 10.1. The third kappa shape index (κ3) is 3.85. The van der Waals surface area contributed by atoms with E-state index >= 15 is 0 Å². The van der Waals surface area contributed by atoms with Crippen molar-refractivity contribution in [3.8, 4) is 0 Å². The fraction of sp³-hybridized carbons (Fsp3) is 0.333. The lowest BCUT2D eigenvalue weighted by molar-refractivity contribution is 0.753. The lowest BCUT2D eigenvalue weighted by Crippen LogP contribution is -2.22. The quantitative estimate of drug-likeness (QED) is 0.712. The van der Waals surface area contributed by atoms with Crippen LogP contribution < -0.4 is 0 Å². The Bertz CT molecular complexity index is 298. The van der Waals surface area contributed by atoms with Gasteiger partial charge in [0.1, 0.15) is 0 Å². The monoisotopic (exact) mass is 272 g/mol. The van der Waals surface area contributed by atoms with Crippen molar-refractivity contribution >= 4 is 33.6 Å². The van der Waals surface area contributed by atoms with Gasteiger partial charge in [-0.05, 0) is 19.4 Å². The number of halogens is 2. The summed E-state index contributed by atoms with van der Waals surface area (Å²) in [5.74, 6) is 0. The van der Waals surface area contributed by atoms with E-state index in [0.29, 0.717) is 0 Å². The number of hydrogen-bond donors (Lipinski definition) is 0. The molecule has 0 aliphatic carbocycles. The summed E-state index contributed by atoms with van der Waals surface area (Å²) in [5, 5.41) is -0.0114. The van der Waals surface area contributed by atoms with E-state index < -0.39 is 0 Å². The molecule has 0 heterocycles. The maximum Gasteiger partial charge on any atom is 0.0667 e. The summed E-state index contributed by atoms with van der Waals surface area (Å²) in [7, 11) is 0. The second-order valence-corrected chi connectivity index (χ2v) is 6.25. The van der Waals surface area contributed by atoms with Gasteiger partial charge in [-0.2, -0.15) is 0 Å². The van der Waals surface area contributed by atoms with E-state index in [1.807, 2.05) is 30.4 Å². The molecule has 0 spiro atoms. The van der Waals surface area contributed by atoms with Crippen molar-refractivity contribution in [2.24, 2.45) is 0 Å². The van der Waals surface area contributed by atoms with Gasteiger partial charge < -0.3 is 0 Å². The third-order valence-corrected chi connectivity index (χ3v) is 3.36. The number of rotatable bonds is 3. The Morgan fingerprint density at radius 3 is 2.36 bits per heavy atom. The minimum absolute atomic E-state index is 0.0114. The molecule has 76 valence electrons. The van der Waals surface area contributed by atoms with E-state index in [-0.39, 0.29) is 9.70 Å². The van der Waals surface area contributed by atoms with Crippen LogP contribution in [0, 0.1) is 0 Å². The Morgan fingerprint density at radius 2 is 1.86 bits per heavy atom. The van der Waals surface area contributed by atoms with Crippen molar-refractivity contribution in [3.05, 3.63) is 42.0 Å². The van der Waals surface area contributed by atoms with E-state index in [1.54, 1.807) is 0 Å². The first-order valence-corrected chi connectivity index (χ1v) is 5.79. The highest BCUT2D eigenvalue weighted by molar-refractivity contribution is 9.10. The predicted octanol–water partition coefficient (Wildman–Crippen LogP) is 4.48. The summed E-state index contributed by atoms with van der Waals surface area (Å²) in [6.07, 6.45) is 4.05. The summed E-state index contributed by atoms with van der Waals surface area (Å²) < 4.78 is -0.0696. The highest BCUT2D eigenvalue weighted by atomic mass is 79.9. The van der Waals surface area contributed by atoms with Crippen LogP contribution in [0.3, 0.4) is 0 Å². The molecule has 2 heteroatoms. The maximum absolute atomic E-state index is 6.17. The molecule has 1 aromatic rings. The molecule has 0 bridgehead atoms. The Morgan fingerprint density at radius 1 is 1.29 bits per heavy atom. The molecule has 0 N–H and O–H groups in total. The van der Waals surface area contributed by atoms with Crippen LogP contribution >= 0.6 is 27.5 Å². The molecular weight excluding hydrogens is 259 g/mol. The van der Waals surface area contributed by atoms with Gasteiger partial charge in [-0.1, -0.05) is 58.4 Å². The van der Waals surface area contributed by atoms with Gasteiger partial charge in [-0.15, -0.1) is 11.6 Å². The highest BCUT2D eigenvalue weighted by Crippen LogP contribution is 2.26. The second kappa shape index (κ2) is 4.99. The van der Waals surface area contributed by atoms with Crippen molar-refractivity contribution in [3.63, 3.8) is 0 Å². The lowest BCUT2D eigenvalue weighted by atomic mass is 10.1. The molecule has 0 nitrogen and oxygen atoms in total. The molecule has 1 unspecified atom stereocenters. The van der Waals surface area contributed by atoms with Gasteiger partial charge in [0.05, 0.1) is 5.38 Å². The molecule has 0 saturated heterocycles. The normalized spacial score (nSPS) is 14.6. The Hall–Kier alpha value is -0.270. The Labute approximate surface area is 99.1 Å². The van der Waals surface area contributed by atoms with Crippen molar-refractivity contribution < 1.29 is 0 Å². The first-order chi connectivity index (χ1) is 6.50. The molecule has 1 aromatic carbocycles. The zero-order chi connectivity index (χ0) is 10.6. The minimum atomic E-state index is -0.0696. The number of benzene rings is 1. The second-order valence-electron chi connectivity index (χ2n) is 3.74. The molecule has 14 heavy (non-hydrogen) atoms. The van der Waals surface area contributed by atoms with Crippen molar-refractivity contribution in [1.29, 1.82) is 0 Å². The fourth-order valence-electron chi connectivity index (χ4n) is 0.989. The fourth-order valence-corrected chi connectivity index (χ4v) is 1.21. The van der Waals surface area contributed by atoms with Gasteiger partial charge in [0.2, 0.25) is 0 Å². The van der Waals surface area contributed by atoms with Crippen LogP contribution in [-0.4, -0.2) is 9.70 Å². The van der Waals surface area contributed by atoms with Crippen LogP contribution in [0.2, 0.25) is 0 Å². The first-order valence-electron chi connectivity index (χ1n) is 4.56. The van der Waals surface area contributed by atoms with Crippen LogP contribution in [0.5, 0.6) is 0 Å². The zero-order valence-corrected chi connectivity index (χ0v) is 10.7. The van der Waals surface area contributed by atoms with Crippen molar-refractivity contribution in [2.75, 3.05) is 0 Å². The zero-order valence-electron chi connectivity index (χ0n) is 8.37. The number of hydrogen-bond acceptors (Lipinski definition) is 0. The molecule has 0 amide bonds. The standard InChI is InChI=1S/C12H14BrCl/c1-12(2,13)11(14)9-8-10-6-4-3-5-7-10/h3-9,11H,1-2H3/b9-8+. The van der Waals surface area contributed by atoms with Gasteiger partial charge in [0.15, 0.2) is 0 Å². The molecule has 1 atom stereocenters. The van der Waals surface area contributed by atoms with Gasteiger partial charge in [0, 0.05) is 4.32 Å². The summed E-state index contributed by atoms with van der Waals surface area (Å²) >= 11 is 9.71. The maximum atomic E-state index is 6.17. The van der Waals surface area contributed by atoms with Crippen molar-refractivity contribution in [2.45, 2.75) is 23.5 Å². The highest BCUT2D eigenvalue weighted by Gasteiger charge is 2.21. The smallest absolute Gasteiger partial charge is 0.0667 e. The Balaban J connectivity index is 2.66. The first kappa shape index (κ1) is 11.8. The van der Waals surface area contributed by atoms with E-state index in [1.165, 1.54) is 5.56 Å². The largest absolute Gasteiger partial charge is 0.117 e. The van der Waals surface area contributed by atoms with Gasteiger partial charge in [-0.25, -0.2) is 0 Å². The molecular formula is C12H14BrCl. The molecule has 1 rings (SSSR count). The summed E-state index contributed by atoms with van der Waals surface area (Å²) in [5.41, 5.74) is 1.18. The summed E-state index contributed by atoms with van der Waals surface area (Å²) in [6.45, 7) is 4.11. The van der Waals surface area contributed by atoms with Crippen LogP contribution in [0.25, 0.3) is 6.08 Å². The molecule has 0 aliphatic rings. The third-order valence-electron chi connectivity index (χ3n) is 1.91. The number of allylic oxidation sites excluding steroid dienone is 1. The molecule has 0 aromatic heterocycles. The van der Waals surface area contributed by atoms with E-state index in [2.05, 4.69) is 41.9 Å². The minimum Gasteiger partial charge on any atom is -0.117 e. The van der Waals surface area contributed by atoms with Gasteiger partial charge in [-0.3, -0.25) is 0 Å². The number of alkyl halides is 2. The topological polar surface area (TPSA) is 0 Å². The van der Waals surface area contributed by atoms with Gasteiger partial charge >= 0.3 is 0 Å². The molecule has 0 saturated carbocycles. The van der Waals surface area contributed by atoms with E-state index in [9.17, 15) is 0 Å². The lowest BCUT2D eigenvalue weighted by Gasteiger charge is -2.19. The van der Waals surface area contributed by atoms with Crippen LogP contribution in [0.15, 0.2) is 36.4 Å². The predicted molar refractivity (Wildman–Crippen MR) is 68.1 cm³/mol. The van der Waals surface area contributed by atoms with Gasteiger partial charge in [0.25, 0.3) is 0 Å². The Kier molecular flexibility index (Phi) is 4.21. The average Bonchev–Trinajstić information content (AvgIpc) is 2.14. The van der Waals surface area contributed by atoms with Crippen molar-refractivity contribution in [1.82, 2.24) is 0 Å². The van der Waals surface area contributed by atoms with E-state index in [4.69, 9.17) is 11.6 Å². The van der Waals surface area contributed by atoms with E-state index in [0.717, 1.165) is 0 Å². The van der Waals surface area contributed by atoms with Crippen LogP contribution in [-0.2, 0) is 0 Å². The SMILES string of the molecule is CC(C)(Br)C(Cl)/C=C/c1ccccc1. The molecule has 0 fully saturated rings.